The number of carbonyl (C=O) groups excluding carboxylic acids is 1. The van der Waals surface area contributed by atoms with Crippen LogP contribution in [-0.4, -0.2) is 37.4 Å². The lowest BCUT2D eigenvalue weighted by Gasteiger charge is -2.14. The maximum atomic E-state index is 12.2. The molecule has 0 fully saturated rings. The number of hydrogen-bond acceptors (Lipinski definition) is 3. The van der Waals surface area contributed by atoms with Crippen molar-refractivity contribution in [3.8, 4) is 11.8 Å². The summed E-state index contributed by atoms with van der Waals surface area (Å²) < 4.78 is 4.99. The normalized spacial score (nSPS) is 11.3. The molecule has 0 radical (unpaired) electrons. The summed E-state index contributed by atoms with van der Waals surface area (Å²) in [6, 6.07) is 7.25. The van der Waals surface area contributed by atoms with Gasteiger partial charge in [0.2, 0.25) is 0 Å². The van der Waals surface area contributed by atoms with E-state index in [0.29, 0.717) is 24.2 Å². The summed E-state index contributed by atoms with van der Waals surface area (Å²) in [7, 11) is 1.64. The molecule has 20 heavy (non-hydrogen) atoms. The van der Waals surface area contributed by atoms with E-state index in [2.05, 4.69) is 17.2 Å². The lowest BCUT2D eigenvalue weighted by molar-refractivity contribution is 0.0929. The molecule has 1 aromatic rings. The smallest absolute Gasteiger partial charge is 0.252 e. The molecule has 1 amide bonds. The molecule has 0 aromatic heterocycles. The highest BCUT2D eigenvalue weighted by Crippen LogP contribution is 2.08. The van der Waals surface area contributed by atoms with Crippen molar-refractivity contribution in [2.24, 2.45) is 0 Å². The van der Waals surface area contributed by atoms with Crippen LogP contribution in [0.5, 0.6) is 0 Å². The molecular formula is C16H21NO3. The highest BCUT2D eigenvalue weighted by Gasteiger charge is 2.12. The maximum Gasteiger partial charge on any atom is 0.252 e. The molecule has 0 bridgehead atoms. The van der Waals surface area contributed by atoms with E-state index in [1.165, 1.54) is 0 Å². The van der Waals surface area contributed by atoms with E-state index in [9.17, 15) is 4.79 Å². The molecule has 4 heteroatoms. The van der Waals surface area contributed by atoms with Crippen molar-refractivity contribution in [1.82, 2.24) is 5.32 Å². The molecule has 4 nitrogen and oxygen atoms in total. The van der Waals surface area contributed by atoms with E-state index < -0.39 is 0 Å². The molecule has 1 aromatic carbocycles. The molecule has 0 aliphatic rings. The van der Waals surface area contributed by atoms with Crippen LogP contribution in [-0.2, 0) is 4.74 Å². The Labute approximate surface area is 120 Å². The summed E-state index contributed by atoms with van der Waals surface area (Å²) in [5.74, 6) is 5.61. The molecule has 0 aliphatic carbocycles. The molecule has 1 rings (SSSR count). The average Bonchev–Trinajstić information content (AvgIpc) is 2.46. The monoisotopic (exact) mass is 275 g/mol. The van der Waals surface area contributed by atoms with Crippen LogP contribution in [0.2, 0.25) is 0 Å². The molecular weight excluding hydrogens is 254 g/mol. The Balaban J connectivity index is 2.75. The number of hydrogen-bond donors (Lipinski definition) is 2. The van der Waals surface area contributed by atoms with Crippen LogP contribution in [0, 0.1) is 11.8 Å². The number of amides is 1. The minimum Gasteiger partial charge on any atom is -0.395 e. The highest BCUT2D eigenvalue weighted by molar-refractivity contribution is 5.96. The number of methoxy groups -OCH3 is 1. The Hall–Kier alpha value is -1.83. The predicted octanol–water partition coefficient (Wildman–Crippen LogP) is 1.58. The van der Waals surface area contributed by atoms with Gasteiger partial charge in [0.1, 0.15) is 0 Å². The second-order valence-corrected chi connectivity index (χ2v) is 4.48. The zero-order chi connectivity index (χ0) is 14.8. The number of aliphatic hydroxyl groups is 1. The van der Waals surface area contributed by atoms with Crippen molar-refractivity contribution in [3.63, 3.8) is 0 Å². The molecule has 0 spiro atoms. The van der Waals surface area contributed by atoms with Crippen molar-refractivity contribution in [2.45, 2.75) is 25.8 Å². The van der Waals surface area contributed by atoms with E-state index in [1.54, 1.807) is 19.2 Å². The molecule has 0 heterocycles. The first-order valence-corrected chi connectivity index (χ1v) is 6.67. The Morgan fingerprint density at radius 3 is 2.90 bits per heavy atom. The Bertz CT molecular complexity index is 488. The zero-order valence-corrected chi connectivity index (χ0v) is 12.0. The van der Waals surface area contributed by atoms with Crippen molar-refractivity contribution in [1.29, 1.82) is 0 Å². The van der Waals surface area contributed by atoms with Gasteiger partial charge in [-0.15, -0.1) is 0 Å². The quantitative estimate of drug-likeness (QED) is 0.775. The first kappa shape index (κ1) is 16.2. The van der Waals surface area contributed by atoms with Gasteiger partial charge in [0.15, 0.2) is 0 Å². The third kappa shape index (κ3) is 5.43. The Morgan fingerprint density at radius 2 is 2.20 bits per heavy atom. The number of nitrogens with one attached hydrogen (secondary N) is 1. The van der Waals surface area contributed by atoms with Gasteiger partial charge in [-0.1, -0.05) is 24.0 Å². The van der Waals surface area contributed by atoms with Crippen LogP contribution in [0.4, 0.5) is 0 Å². The van der Waals surface area contributed by atoms with Gasteiger partial charge in [-0.3, -0.25) is 4.79 Å². The van der Waals surface area contributed by atoms with Gasteiger partial charge in [0.05, 0.1) is 12.2 Å². The maximum absolute atomic E-state index is 12.2. The van der Waals surface area contributed by atoms with Crippen LogP contribution in [0.1, 0.15) is 35.7 Å². The Kier molecular flexibility index (Phi) is 7.41. The summed E-state index contributed by atoms with van der Waals surface area (Å²) in [4.78, 5) is 12.2. The summed E-state index contributed by atoms with van der Waals surface area (Å²) >= 11 is 0. The fourth-order valence-corrected chi connectivity index (χ4v) is 1.67. The van der Waals surface area contributed by atoms with Gasteiger partial charge in [0.25, 0.3) is 5.91 Å². The van der Waals surface area contributed by atoms with Gasteiger partial charge in [-0.25, -0.2) is 0 Å². The lowest BCUT2D eigenvalue weighted by Crippen LogP contribution is -2.33. The van der Waals surface area contributed by atoms with Crippen LogP contribution >= 0.6 is 0 Å². The molecule has 0 saturated carbocycles. The number of benzene rings is 1. The highest BCUT2D eigenvalue weighted by atomic mass is 16.5. The van der Waals surface area contributed by atoms with E-state index >= 15 is 0 Å². The molecule has 0 aliphatic heterocycles. The van der Waals surface area contributed by atoms with Gasteiger partial charge >= 0.3 is 0 Å². The van der Waals surface area contributed by atoms with Crippen molar-refractivity contribution in [2.75, 3.05) is 20.3 Å². The average molecular weight is 275 g/mol. The Morgan fingerprint density at radius 1 is 1.45 bits per heavy atom. The fourth-order valence-electron chi connectivity index (χ4n) is 1.67. The number of carbonyl (C=O) groups is 1. The predicted molar refractivity (Wildman–Crippen MR) is 78.4 cm³/mol. The summed E-state index contributed by atoms with van der Waals surface area (Å²) in [5, 5.41) is 11.7. The van der Waals surface area contributed by atoms with Crippen molar-refractivity contribution in [3.05, 3.63) is 35.4 Å². The molecule has 1 unspecified atom stereocenters. The summed E-state index contributed by atoms with van der Waals surface area (Å²) in [5.41, 5.74) is 1.24. The number of ether oxygens (including phenoxy) is 1. The van der Waals surface area contributed by atoms with Gasteiger partial charge in [-0.2, -0.15) is 0 Å². The molecule has 108 valence electrons. The topological polar surface area (TPSA) is 58.6 Å². The van der Waals surface area contributed by atoms with E-state index in [-0.39, 0.29) is 18.6 Å². The van der Waals surface area contributed by atoms with E-state index in [0.717, 1.165) is 6.42 Å². The standard InChI is InChI=1S/C16H21NO3/c1-13(10-12-20-2)17-16(19)15-9-4-3-7-14(15)8-5-6-11-18/h3-4,7,9,13,18H,6,10-12H2,1-2H3,(H,17,19). The van der Waals surface area contributed by atoms with Crippen molar-refractivity contribution < 1.29 is 14.6 Å². The van der Waals surface area contributed by atoms with E-state index in [4.69, 9.17) is 9.84 Å². The zero-order valence-electron chi connectivity index (χ0n) is 12.0. The third-order valence-electron chi connectivity index (χ3n) is 2.76. The summed E-state index contributed by atoms with van der Waals surface area (Å²) in [6.45, 7) is 2.58. The van der Waals surface area contributed by atoms with Crippen molar-refractivity contribution >= 4 is 5.91 Å². The molecule has 0 saturated heterocycles. The van der Waals surface area contributed by atoms with Gasteiger partial charge < -0.3 is 15.2 Å². The summed E-state index contributed by atoms with van der Waals surface area (Å²) in [6.07, 6.45) is 1.17. The number of rotatable bonds is 6. The first-order valence-electron chi connectivity index (χ1n) is 6.67. The van der Waals surface area contributed by atoms with E-state index in [1.807, 2.05) is 19.1 Å². The SMILES string of the molecule is COCCC(C)NC(=O)c1ccccc1C#CCCO. The van der Waals surface area contributed by atoms with Gasteiger partial charge in [0, 0.05) is 31.7 Å². The number of aliphatic hydroxyl groups excluding tert-OH is 1. The fraction of sp³-hybridized carbons (Fsp3) is 0.438. The molecule has 2 N–H and O–H groups in total. The van der Waals surface area contributed by atoms with Crippen LogP contribution in [0.25, 0.3) is 0 Å². The van der Waals surface area contributed by atoms with Crippen LogP contribution in [0.15, 0.2) is 24.3 Å². The minimum atomic E-state index is -0.137. The minimum absolute atomic E-state index is 0.0232. The first-order chi connectivity index (χ1) is 9.69. The second kappa shape index (κ2) is 9.13. The molecule has 1 atom stereocenters. The second-order valence-electron chi connectivity index (χ2n) is 4.48. The largest absolute Gasteiger partial charge is 0.395 e. The van der Waals surface area contributed by atoms with Crippen LogP contribution in [0.3, 0.4) is 0 Å². The van der Waals surface area contributed by atoms with Crippen LogP contribution < -0.4 is 5.32 Å². The third-order valence-corrected chi connectivity index (χ3v) is 2.76. The van der Waals surface area contributed by atoms with Gasteiger partial charge in [-0.05, 0) is 25.5 Å². The lowest BCUT2D eigenvalue weighted by atomic mass is 10.1.